The Labute approximate surface area is 104 Å². The fraction of sp³-hybridized carbons (Fsp3) is 0.467. The third-order valence-corrected chi connectivity index (χ3v) is 3.57. The monoisotopic (exact) mass is 233 g/mol. The first-order valence-electron chi connectivity index (χ1n) is 6.14. The van der Waals surface area contributed by atoms with Crippen LogP contribution in [-0.2, 0) is 6.54 Å². The Morgan fingerprint density at radius 1 is 1.12 bits per heavy atom. The van der Waals surface area contributed by atoms with Crippen molar-refractivity contribution >= 4 is 0 Å². The van der Waals surface area contributed by atoms with Gasteiger partial charge in [-0.3, -0.25) is 0 Å². The molecule has 1 N–H and O–H groups in total. The van der Waals surface area contributed by atoms with Gasteiger partial charge in [0.1, 0.15) is 5.60 Å². The largest absolute Gasteiger partial charge is 0.381 e. The zero-order chi connectivity index (χ0) is 12.9. The zero-order valence-corrected chi connectivity index (χ0v) is 11.3. The molecular formula is C15H23NO. The van der Waals surface area contributed by atoms with E-state index in [-0.39, 0.29) is 0 Å². The molecule has 2 heteroatoms. The van der Waals surface area contributed by atoms with Crippen LogP contribution in [0.4, 0.5) is 0 Å². The Hall–Kier alpha value is -1.28. The number of allylic oxidation sites excluding steroid dienone is 2. The molecule has 0 aliphatic rings. The predicted octanol–water partition coefficient (Wildman–Crippen LogP) is 3.54. The molecule has 1 aromatic heterocycles. The lowest BCUT2D eigenvalue weighted by molar-refractivity contribution is 0.101. The second-order valence-corrected chi connectivity index (χ2v) is 4.47. The Balaban J connectivity index is 2.85. The summed E-state index contributed by atoms with van der Waals surface area (Å²) in [6, 6.07) is 4.01. The van der Waals surface area contributed by atoms with E-state index in [1.54, 1.807) is 0 Å². The highest BCUT2D eigenvalue weighted by Crippen LogP contribution is 2.29. The first-order chi connectivity index (χ1) is 8.04. The zero-order valence-electron chi connectivity index (χ0n) is 11.3. The van der Waals surface area contributed by atoms with Crippen molar-refractivity contribution in [1.82, 2.24) is 4.57 Å². The fourth-order valence-electron chi connectivity index (χ4n) is 1.99. The average molecular weight is 233 g/mol. The van der Waals surface area contributed by atoms with E-state index in [1.807, 2.05) is 64.4 Å². The van der Waals surface area contributed by atoms with Gasteiger partial charge in [0.05, 0.1) is 0 Å². The first kappa shape index (κ1) is 13.8. The Kier molecular flexibility index (Phi) is 4.76. The van der Waals surface area contributed by atoms with Crippen molar-refractivity contribution in [3.05, 3.63) is 47.8 Å². The Morgan fingerprint density at radius 3 is 2.00 bits per heavy atom. The minimum absolute atomic E-state index is 0.702. The van der Waals surface area contributed by atoms with Crippen LogP contribution in [0.1, 0.15) is 34.1 Å². The molecular weight excluding hydrogens is 210 g/mol. The van der Waals surface area contributed by atoms with Crippen LogP contribution in [0.2, 0.25) is 0 Å². The van der Waals surface area contributed by atoms with Crippen molar-refractivity contribution in [1.29, 1.82) is 0 Å². The molecule has 0 atom stereocenters. The molecule has 0 aromatic carbocycles. The van der Waals surface area contributed by atoms with Gasteiger partial charge in [-0.15, -0.1) is 0 Å². The van der Waals surface area contributed by atoms with Gasteiger partial charge >= 0.3 is 0 Å². The van der Waals surface area contributed by atoms with Crippen molar-refractivity contribution in [2.75, 3.05) is 0 Å². The van der Waals surface area contributed by atoms with Gasteiger partial charge in [0.25, 0.3) is 0 Å². The van der Waals surface area contributed by atoms with Crippen LogP contribution >= 0.6 is 0 Å². The van der Waals surface area contributed by atoms with Gasteiger partial charge in [-0.2, -0.15) is 0 Å². The molecule has 0 saturated heterocycles. The van der Waals surface area contributed by atoms with Gasteiger partial charge in [0.2, 0.25) is 0 Å². The molecule has 17 heavy (non-hydrogen) atoms. The quantitative estimate of drug-likeness (QED) is 0.773. The normalized spacial score (nSPS) is 17.0. The van der Waals surface area contributed by atoms with Crippen LogP contribution in [0.3, 0.4) is 0 Å². The maximum atomic E-state index is 10.8. The molecule has 1 heterocycles. The molecule has 1 rings (SSSR count). The standard InChI is InChI=1S/C15H23NO/c1-5-13(3)15(17,14(4)6-2)9-12-16-10-7-8-11-16/h5-8,10-11,17H,9,12H2,1-4H3/b13-5+,14-6+. The lowest BCUT2D eigenvalue weighted by Crippen LogP contribution is -2.33. The molecule has 0 fully saturated rings. The SMILES string of the molecule is C/C=C(\C)C(O)(CCn1cccc1)/C(C)=C/C. The molecule has 0 saturated carbocycles. The van der Waals surface area contributed by atoms with E-state index in [9.17, 15) is 5.11 Å². The van der Waals surface area contributed by atoms with Gasteiger partial charge in [-0.05, 0) is 51.0 Å². The van der Waals surface area contributed by atoms with Crippen molar-refractivity contribution in [2.24, 2.45) is 0 Å². The first-order valence-corrected chi connectivity index (χ1v) is 6.14. The minimum atomic E-state index is -0.812. The minimum Gasteiger partial charge on any atom is -0.381 e. The maximum absolute atomic E-state index is 10.8. The molecule has 0 spiro atoms. The van der Waals surface area contributed by atoms with Crippen LogP contribution in [0.5, 0.6) is 0 Å². The molecule has 2 nitrogen and oxygen atoms in total. The summed E-state index contributed by atoms with van der Waals surface area (Å²) >= 11 is 0. The number of hydrogen-bond donors (Lipinski definition) is 1. The summed E-state index contributed by atoms with van der Waals surface area (Å²) in [6.45, 7) is 8.74. The second kappa shape index (κ2) is 5.87. The predicted molar refractivity (Wildman–Crippen MR) is 72.9 cm³/mol. The number of aliphatic hydroxyl groups is 1. The molecule has 0 bridgehead atoms. The van der Waals surface area contributed by atoms with Gasteiger partial charge in [-0.25, -0.2) is 0 Å². The second-order valence-electron chi connectivity index (χ2n) is 4.47. The molecule has 94 valence electrons. The highest BCUT2D eigenvalue weighted by atomic mass is 16.3. The molecule has 0 aliphatic heterocycles. The van der Waals surface area contributed by atoms with Gasteiger partial charge < -0.3 is 9.67 Å². The number of nitrogens with zero attached hydrogens (tertiary/aromatic N) is 1. The van der Waals surface area contributed by atoms with Crippen molar-refractivity contribution in [3.63, 3.8) is 0 Å². The van der Waals surface area contributed by atoms with Crippen LogP contribution < -0.4 is 0 Å². The van der Waals surface area contributed by atoms with E-state index in [0.717, 1.165) is 17.7 Å². The Bertz CT molecular complexity index is 381. The summed E-state index contributed by atoms with van der Waals surface area (Å²) in [7, 11) is 0. The molecule has 0 amide bonds. The summed E-state index contributed by atoms with van der Waals surface area (Å²) in [6.07, 6.45) is 8.73. The van der Waals surface area contributed by atoms with Crippen LogP contribution in [0.15, 0.2) is 47.8 Å². The summed E-state index contributed by atoms with van der Waals surface area (Å²) in [4.78, 5) is 0. The fourth-order valence-corrected chi connectivity index (χ4v) is 1.99. The van der Waals surface area contributed by atoms with Crippen LogP contribution in [-0.4, -0.2) is 15.3 Å². The van der Waals surface area contributed by atoms with Crippen molar-refractivity contribution in [3.8, 4) is 0 Å². The van der Waals surface area contributed by atoms with Crippen molar-refractivity contribution < 1.29 is 5.11 Å². The smallest absolute Gasteiger partial charge is 0.108 e. The summed E-state index contributed by atoms with van der Waals surface area (Å²) in [5, 5.41) is 10.8. The van der Waals surface area contributed by atoms with E-state index in [1.165, 1.54) is 0 Å². The maximum Gasteiger partial charge on any atom is 0.108 e. The van der Waals surface area contributed by atoms with Crippen LogP contribution in [0.25, 0.3) is 0 Å². The highest BCUT2D eigenvalue weighted by Gasteiger charge is 2.29. The summed E-state index contributed by atoms with van der Waals surface area (Å²) < 4.78 is 2.09. The van der Waals surface area contributed by atoms with Gasteiger partial charge in [-0.1, -0.05) is 12.2 Å². The molecule has 0 radical (unpaired) electrons. The lowest BCUT2D eigenvalue weighted by atomic mass is 9.84. The van der Waals surface area contributed by atoms with E-state index >= 15 is 0 Å². The molecule has 0 unspecified atom stereocenters. The van der Waals surface area contributed by atoms with Crippen LogP contribution in [0, 0.1) is 0 Å². The number of hydrogen-bond acceptors (Lipinski definition) is 1. The molecule has 0 aliphatic carbocycles. The summed E-state index contributed by atoms with van der Waals surface area (Å²) in [5.74, 6) is 0. The van der Waals surface area contributed by atoms with Crippen molar-refractivity contribution in [2.45, 2.75) is 46.3 Å². The summed E-state index contributed by atoms with van der Waals surface area (Å²) in [5.41, 5.74) is 1.22. The average Bonchev–Trinajstić information content (AvgIpc) is 2.86. The number of aromatic nitrogens is 1. The van der Waals surface area contributed by atoms with Gasteiger partial charge in [0, 0.05) is 25.4 Å². The topological polar surface area (TPSA) is 25.2 Å². The van der Waals surface area contributed by atoms with E-state index in [0.29, 0.717) is 6.42 Å². The number of rotatable bonds is 5. The lowest BCUT2D eigenvalue weighted by Gasteiger charge is -2.31. The number of aryl methyl sites for hydroxylation is 1. The third-order valence-electron chi connectivity index (χ3n) is 3.57. The van der Waals surface area contributed by atoms with E-state index < -0.39 is 5.60 Å². The van der Waals surface area contributed by atoms with Gasteiger partial charge in [0.15, 0.2) is 0 Å². The third kappa shape index (κ3) is 3.10. The Morgan fingerprint density at radius 2 is 1.59 bits per heavy atom. The van der Waals surface area contributed by atoms with E-state index in [2.05, 4.69) is 4.57 Å². The van der Waals surface area contributed by atoms with E-state index in [4.69, 9.17) is 0 Å². The molecule has 1 aromatic rings. The highest BCUT2D eigenvalue weighted by molar-refractivity contribution is 5.29.